The fourth-order valence-electron chi connectivity index (χ4n) is 2.18. The Morgan fingerprint density at radius 2 is 1.80 bits per heavy atom. The van der Waals surface area contributed by atoms with Crippen molar-refractivity contribution in [1.82, 2.24) is 0 Å². The Hall–Kier alpha value is -1.82. The van der Waals surface area contributed by atoms with Crippen LogP contribution in [0.1, 0.15) is 6.42 Å². The molecule has 0 heteroatoms. The lowest BCUT2D eigenvalue weighted by atomic mass is 9.95. The van der Waals surface area contributed by atoms with Gasteiger partial charge in [0.1, 0.15) is 0 Å². The molecule has 0 N–H and O–H groups in total. The van der Waals surface area contributed by atoms with Gasteiger partial charge < -0.3 is 0 Å². The van der Waals surface area contributed by atoms with E-state index in [1.807, 2.05) is 0 Å². The molecule has 3 rings (SSSR count). The van der Waals surface area contributed by atoms with E-state index < -0.39 is 0 Å². The molecule has 0 saturated carbocycles. The molecule has 0 fully saturated rings. The number of allylic oxidation sites excluding steroid dienone is 14. The maximum absolute atomic E-state index is 2.23. The van der Waals surface area contributed by atoms with Gasteiger partial charge >= 0.3 is 0 Å². The number of hydrogen-bond donors (Lipinski definition) is 0. The SMILES string of the molecule is C1=CC=C2C(=CC=CC3=C2CC=C3)C=C1. The van der Waals surface area contributed by atoms with Crippen molar-refractivity contribution in [3.05, 3.63) is 83.1 Å². The Labute approximate surface area is 90.0 Å². The number of rotatable bonds is 0. The van der Waals surface area contributed by atoms with Gasteiger partial charge in [-0.25, -0.2) is 0 Å². The number of fused-ring (bicyclic) bond motifs is 2. The Kier molecular flexibility index (Phi) is 1.92. The molecule has 72 valence electrons. The first-order valence-electron chi connectivity index (χ1n) is 5.29. The summed E-state index contributed by atoms with van der Waals surface area (Å²) in [6.45, 7) is 0. The molecule has 0 aromatic carbocycles. The van der Waals surface area contributed by atoms with E-state index in [0.29, 0.717) is 0 Å². The summed E-state index contributed by atoms with van der Waals surface area (Å²) in [4.78, 5) is 0. The molecule has 0 unspecified atom stereocenters. The molecule has 0 saturated heterocycles. The molecular weight excluding hydrogens is 180 g/mol. The van der Waals surface area contributed by atoms with Gasteiger partial charge in [-0.15, -0.1) is 0 Å². The van der Waals surface area contributed by atoms with Crippen LogP contribution in [0.4, 0.5) is 0 Å². The zero-order valence-electron chi connectivity index (χ0n) is 8.48. The van der Waals surface area contributed by atoms with Gasteiger partial charge in [-0.3, -0.25) is 0 Å². The van der Waals surface area contributed by atoms with E-state index in [-0.39, 0.29) is 0 Å². The standard InChI is InChI=1S/C15H12/c1-2-6-12-7-4-8-13-9-5-11-15(13)14(12)10-3-1/h1-10H,11H2. The van der Waals surface area contributed by atoms with Crippen molar-refractivity contribution >= 4 is 0 Å². The van der Waals surface area contributed by atoms with Crippen molar-refractivity contribution in [2.24, 2.45) is 0 Å². The van der Waals surface area contributed by atoms with E-state index in [2.05, 4.69) is 60.8 Å². The van der Waals surface area contributed by atoms with Crippen LogP contribution in [-0.4, -0.2) is 0 Å². The van der Waals surface area contributed by atoms with Crippen molar-refractivity contribution in [2.75, 3.05) is 0 Å². The van der Waals surface area contributed by atoms with Crippen LogP contribution in [0.5, 0.6) is 0 Å². The minimum atomic E-state index is 1.06. The summed E-state index contributed by atoms with van der Waals surface area (Å²) in [7, 11) is 0. The molecule has 0 atom stereocenters. The van der Waals surface area contributed by atoms with Crippen LogP contribution in [0.3, 0.4) is 0 Å². The van der Waals surface area contributed by atoms with Gasteiger partial charge in [-0.1, -0.05) is 60.8 Å². The van der Waals surface area contributed by atoms with Crippen LogP contribution in [0.15, 0.2) is 83.1 Å². The Bertz CT molecular complexity index is 500. The fourth-order valence-corrected chi connectivity index (χ4v) is 2.18. The van der Waals surface area contributed by atoms with Gasteiger partial charge in [-0.2, -0.15) is 0 Å². The second-order valence-corrected chi connectivity index (χ2v) is 3.85. The van der Waals surface area contributed by atoms with Crippen LogP contribution >= 0.6 is 0 Å². The van der Waals surface area contributed by atoms with Gasteiger partial charge in [0.25, 0.3) is 0 Å². The Balaban J connectivity index is 2.19. The molecule has 0 bridgehead atoms. The molecule has 0 aromatic rings. The van der Waals surface area contributed by atoms with Crippen molar-refractivity contribution in [1.29, 1.82) is 0 Å². The topological polar surface area (TPSA) is 0 Å². The monoisotopic (exact) mass is 192 g/mol. The Morgan fingerprint density at radius 1 is 0.800 bits per heavy atom. The molecule has 0 aliphatic heterocycles. The van der Waals surface area contributed by atoms with E-state index in [0.717, 1.165) is 6.42 Å². The summed E-state index contributed by atoms with van der Waals surface area (Å²) >= 11 is 0. The number of hydrogen-bond acceptors (Lipinski definition) is 0. The highest BCUT2D eigenvalue weighted by atomic mass is 14.2. The molecule has 0 heterocycles. The average molecular weight is 192 g/mol. The minimum Gasteiger partial charge on any atom is -0.0795 e. The second-order valence-electron chi connectivity index (χ2n) is 3.85. The highest BCUT2D eigenvalue weighted by molar-refractivity contribution is 5.64. The van der Waals surface area contributed by atoms with E-state index >= 15 is 0 Å². The third-order valence-electron chi connectivity index (χ3n) is 2.92. The summed E-state index contributed by atoms with van der Waals surface area (Å²) in [5, 5.41) is 0. The third kappa shape index (κ3) is 1.39. The summed E-state index contributed by atoms with van der Waals surface area (Å²) in [6.07, 6.45) is 22.7. The summed E-state index contributed by atoms with van der Waals surface area (Å²) in [6, 6.07) is 0. The highest BCUT2D eigenvalue weighted by Gasteiger charge is 2.15. The molecule has 0 amide bonds. The predicted octanol–water partition coefficient (Wildman–Crippen LogP) is 3.79. The summed E-state index contributed by atoms with van der Waals surface area (Å²) < 4.78 is 0. The van der Waals surface area contributed by atoms with E-state index in [1.54, 1.807) is 0 Å². The molecule has 0 radical (unpaired) electrons. The van der Waals surface area contributed by atoms with E-state index in [1.165, 1.54) is 22.3 Å². The maximum Gasteiger partial charge on any atom is -0.00820 e. The molecular formula is C15H12. The molecule has 0 nitrogen and oxygen atoms in total. The third-order valence-corrected chi connectivity index (χ3v) is 2.92. The Morgan fingerprint density at radius 3 is 2.80 bits per heavy atom. The predicted molar refractivity (Wildman–Crippen MR) is 64.4 cm³/mol. The molecule has 3 aliphatic rings. The smallest absolute Gasteiger partial charge is 0.00820 e. The second kappa shape index (κ2) is 3.39. The van der Waals surface area contributed by atoms with Crippen molar-refractivity contribution in [3.8, 4) is 0 Å². The lowest BCUT2D eigenvalue weighted by Gasteiger charge is -2.08. The largest absolute Gasteiger partial charge is 0.0795 e. The molecule has 0 spiro atoms. The van der Waals surface area contributed by atoms with Crippen LogP contribution in [-0.2, 0) is 0 Å². The first-order chi connectivity index (χ1) is 7.45. The first-order valence-corrected chi connectivity index (χ1v) is 5.29. The maximum atomic E-state index is 2.23. The van der Waals surface area contributed by atoms with Gasteiger partial charge in [0, 0.05) is 0 Å². The fraction of sp³-hybridized carbons (Fsp3) is 0.0667. The normalized spacial score (nSPS) is 21.9. The van der Waals surface area contributed by atoms with E-state index in [4.69, 9.17) is 0 Å². The van der Waals surface area contributed by atoms with Crippen LogP contribution < -0.4 is 0 Å². The van der Waals surface area contributed by atoms with Crippen molar-refractivity contribution in [3.63, 3.8) is 0 Å². The van der Waals surface area contributed by atoms with Crippen molar-refractivity contribution in [2.45, 2.75) is 6.42 Å². The van der Waals surface area contributed by atoms with Gasteiger partial charge in [0.15, 0.2) is 0 Å². The van der Waals surface area contributed by atoms with Crippen molar-refractivity contribution < 1.29 is 0 Å². The van der Waals surface area contributed by atoms with Gasteiger partial charge in [0.2, 0.25) is 0 Å². The van der Waals surface area contributed by atoms with Crippen LogP contribution in [0.25, 0.3) is 0 Å². The molecule has 3 aliphatic carbocycles. The lowest BCUT2D eigenvalue weighted by Crippen LogP contribution is -1.90. The zero-order chi connectivity index (χ0) is 10.1. The lowest BCUT2D eigenvalue weighted by molar-refractivity contribution is 1.25. The quantitative estimate of drug-likeness (QED) is 0.547. The minimum absolute atomic E-state index is 1.06. The average Bonchev–Trinajstić information content (AvgIpc) is 2.49. The van der Waals surface area contributed by atoms with E-state index in [9.17, 15) is 0 Å². The van der Waals surface area contributed by atoms with Gasteiger partial charge in [0.05, 0.1) is 0 Å². The van der Waals surface area contributed by atoms with Crippen LogP contribution in [0, 0.1) is 0 Å². The molecule has 15 heavy (non-hydrogen) atoms. The van der Waals surface area contributed by atoms with Gasteiger partial charge in [-0.05, 0) is 28.7 Å². The zero-order valence-corrected chi connectivity index (χ0v) is 8.48. The highest BCUT2D eigenvalue weighted by Crippen LogP contribution is 2.34. The summed E-state index contributed by atoms with van der Waals surface area (Å²) in [5.41, 5.74) is 5.48. The summed E-state index contributed by atoms with van der Waals surface area (Å²) in [5.74, 6) is 0. The van der Waals surface area contributed by atoms with Crippen LogP contribution in [0.2, 0.25) is 0 Å². The molecule has 0 aromatic heterocycles. The first kappa shape index (κ1) is 8.49.